The van der Waals surface area contributed by atoms with E-state index in [9.17, 15) is 9.59 Å². The van der Waals surface area contributed by atoms with Gasteiger partial charge in [0.1, 0.15) is 18.0 Å². The maximum Gasteiger partial charge on any atom is 0.193 e. The van der Waals surface area contributed by atoms with E-state index >= 15 is 0 Å². The van der Waals surface area contributed by atoms with E-state index in [1.54, 1.807) is 37.4 Å². The molecule has 0 aliphatic carbocycles. The van der Waals surface area contributed by atoms with Crippen LogP contribution < -0.4 is 14.9 Å². The van der Waals surface area contributed by atoms with Crippen molar-refractivity contribution in [2.45, 2.75) is 13.5 Å². The molecule has 30 heavy (non-hydrogen) atoms. The fraction of sp³-hybridized carbons (Fsp3) is 0.120. The summed E-state index contributed by atoms with van der Waals surface area (Å²) in [4.78, 5) is 24.2. The van der Waals surface area contributed by atoms with Gasteiger partial charge in [-0.15, -0.1) is 0 Å². The largest absolute Gasteiger partial charge is 0.493 e. The van der Waals surface area contributed by atoms with Gasteiger partial charge in [-0.25, -0.2) is 0 Å². The molecule has 0 aliphatic rings. The molecule has 0 N–H and O–H groups in total. The molecule has 150 valence electrons. The monoisotopic (exact) mass is 400 g/mol. The zero-order valence-electron chi connectivity index (χ0n) is 16.7. The Morgan fingerprint density at radius 2 is 1.73 bits per heavy atom. The molecule has 3 aromatic carbocycles. The average Bonchev–Trinajstić information content (AvgIpc) is 2.77. The second-order valence-electron chi connectivity index (χ2n) is 6.88. The van der Waals surface area contributed by atoms with Crippen molar-refractivity contribution in [3.8, 4) is 22.8 Å². The van der Waals surface area contributed by atoms with Crippen LogP contribution >= 0.6 is 0 Å². The van der Waals surface area contributed by atoms with Crippen molar-refractivity contribution in [1.29, 1.82) is 0 Å². The first-order valence-electron chi connectivity index (χ1n) is 9.49. The molecule has 5 heteroatoms. The Bertz CT molecular complexity index is 1270. The molecule has 5 nitrogen and oxygen atoms in total. The van der Waals surface area contributed by atoms with Gasteiger partial charge in [0.25, 0.3) is 0 Å². The molecule has 0 aliphatic heterocycles. The Morgan fingerprint density at radius 1 is 0.933 bits per heavy atom. The second kappa shape index (κ2) is 8.25. The van der Waals surface area contributed by atoms with Crippen molar-refractivity contribution in [3.05, 3.63) is 94.1 Å². The summed E-state index contributed by atoms with van der Waals surface area (Å²) >= 11 is 0. The van der Waals surface area contributed by atoms with Crippen LogP contribution in [0.5, 0.6) is 11.5 Å². The molecule has 4 rings (SSSR count). The van der Waals surface area contributed by atoms with Gasteiger partial charge < -0.3 is 13.9 Å². The quantitative estimate of drug-likeness (QED) is 0.414. The molecule has 4 aromatic rings. The Labute approximate surface area is 173 Å². The summed E-state index contributed by atoms with van der Waals surface area (Å²) in [5, 5.41) is 0.375. The summed E-state index contributed by atoms with van der Waals surface area (Å²) < 4.78 is 17.3. The zero-order valence-corrected chi connectivity index (χ0v) is 16.7. The van der Waals surface area contributed by atoms with Crippen LogP contribution in [-0.4, -0.2) is 12.9 Å². The maximum absolute atomic E-state index is 12.6. The second-order valence-corrected chi connectivity index (χ2v) is 6.88. The summed E-state index contributed by atoms with van der Waals surface area (Å²) in [5.41, 5.74) is 2.41. The molecule has 0 amide bonds. The molecule has 0 saturated carbocycles. The summed E-state index contributed by atoms with van der Waals surface area (Å²) in [5.74, 6) is 1.45. The summed E-state index contributed by atoms with van der Waals surface area (Å²) in [6, 6.07) is 21.5. The molecule has 0 fully saturated rings. The number of rotatable bonds is 6. The highest BCUT2D eigenvalue weighted by Crippen LogP contribution is 2.33. The number of ether oxygens (including phenoxy) is 2. The van der Waals surface area contributed by atoms with Crippen molar-refractivity contribution in [2.75, 3.05) is 7.11 Å². The van der Waals surface area contributed by atoms with E-state index in [-0.39, 0.29) is 11.2 Å². The van der Waals surface area contributed by atoms with Gasteiger partial charge in [0.2, 0.25) is 0 Å². The summed E-state index contributed by atoms with van der Waals surface area (Å²) in [6.07, 6.45) is 0. The van der Waals surface area contributed by atoms with Crippen LogP contribution in [0.25, 0.3) is 22.3 Å². The minimum Gasteiger partial charge on any atom is -0.493 e. The van der Waals surface area contributed by atoms with Gasteiger partial charge in [-0.05, 0) is 48.9 Å². The van der Waals surface area contributed by atoms with Crippen LogP contribution in [0, 0.1) is 0 Å². The van der Waals surface area contributed by atoms with Gasteiger partial charge >= 0.3 is 0 Å². The Balaban J connectivity index is 1.71. The topological polar surface area (TPSA) is 65.7 Å². The smallest absolute Gasteiger partial charge is 0.193 e. The Hall–Kier alpha value is -3.86. The molecule has 0 saturated heterocycles. The van der Waals surface area contributed by atoms with E-state index in [1.165, 1.54) is 13.0 Å². The number of hydrogen-bond donors (Lipinski definition) is 0. The van der Waals surface area contributed by atoms with Crippen molar-refractivity contribution in [3.63, 3.8) is 0 Å². The molecule has 0 unspecified atom stereocenters. The standard InChI is InChI=1S/C25H20O5/c1-16(26)18-8-10-22-20(12-18)21(27)14-24(30-22)19-9-11-23(28-2)25(13-19)29-15-17-6-4-3-5-7-17/h3-14H,15H2,1-2H3. The molecule has 0 bridgehead atoms. The van der Waals surface area contributed by atoms with Crippen LogP contribution in [0.15, 0.2) is 82.0 Å². The SMILES string of the molecule is COc1ccc(-c2cc(=O)c3cc(C(C)=O)ccc3o2)cc1OCc1ccccc1. The maximum atomic E-state index is 12.6. The number of ketones is 1. The highest BCUT2D eigenvalue weighted by molar-refractivity contribution is 5.97. The number of methoxy groups -OCH3 is 1. The van der Waals surface area contributed by atoms with Crippen molar-refractivity contribution >= 4 is 16.8 Å². The first-order valence-corrected chi connectivity index (χ1v) is 9.49. The van der Waals surface area contributed by atoms with E-state index in [2.05, 4.69) is 0 Å². The van der Waals surface area contributed by atoms with Gasteiger partial charge in [0.05, 0.1) is 12.5 Å². The van der Waals surface area contributed by atoms with Crippen molar-refractivity contribution in [1.82, 2.24) is 0 Å². The molecular formula is C25H20O5. The minimum absolute atomic E-state index is 0.101. The lowest BCUT2D eigenvalue weighted by atomic mass is 10.1. The summed E-state index contributed by atoms with van der Waals surface area (Å²) in [7, 11) is 1.58. The van der Waals surface area contributed by atoms with Crippen molar-refractivity contribution < 1.29 is 18.7 Å². The lowest BCUT2D eigenvalue weighted by Gasteiger charge is -2.12. The van der Waals surface area contributed by atoms with Crippen LogP contribution in [0.4, 0.5) is 0 Å². The molecule has 1 heterocycles. The van der Waals surface area contributed by atoms with Crippen molar-refractivity contribution in [2.24, 2.45) is 0 Å². The van der Waals surface area contributed by atoms with Gasteiger partial charge in [0, 0.05) is 17.2 Å². The first kappa shape index (κ1) is 19.5. The van der Waals surface area contributed by atoms with Crippen LogP contribution in [0.3, 0.4) is 0 Å². The number of benzene rings is 3. The van der Waals surface area contributed by atoms with Crippen LogP contribution in [0.2, 0.25) is 0 Å². The zero-order chi connectivity index (χ0) is 21.1. The van der Waals surface area contributed by atoms with E-state index in [4.69, 9.17) is 13.9 Å². The van der Waals surface area contributed by atoms with E-state index in [0.29, 0.717) is 46.0 Å². The molecular weight excluding hydrogens is 380 g/mol. The van der Waals surface area contributed by atoms with Gasteiger partial charge in [0.15, 0.2) is 22.7 Å². The van der Waals surface area contributed by atoms with Crippen LogP contribution in [0.1, 0.15) is 22.8 Å². The highest BCUT2D eigenvalue weighted by atomic mass is 16.5. The van der Waals surface area contributed by atoms with Crippen LogP contribution in [-0.2, 0) is 6.61 Å². The predicted octanol–water partition coefficient (Wildman–Crippen LogP) is 5.25. The average molecular weight is 400 g/mol. The number of carbonyl (C=O) groups is 1. The fourth-order valence-electron chi connectivity index (χ4n) is 3.20. The fourth-order valence-corrected chi connectivity index (χ4v) is 3.20. The minimum atomic E-state index is -0.211. The first-order chi connectivity index (χ1) is 14.5. The Kier molecular flexibility index (Phi) is 5.35. The van der Waals surface area contributed by atoms with E-state index < -0.39 is 0 Å². The molecule has 0 atom stereocenters. The Morgan fingerprint density at radius 3 is 2.47 bits per heavy atom. The molecule has 1 aromatic heterocycles. The van der Waals surface area contributed by atoms with Gasteiger partial charge in [-0.2, -0.15) is 0 Å². The number of fused-ring (bicyclic) bond motifs is 1. The highest BCUT2D eigenvalue weighted by Gasteiger charge is 2.13. The third-order valence-electron chi connectivity index (χ3n) is 4.82. The van der Waals surface area contributed by atoms with Gasteiger partial charge in [-0.1, -0.05) is 30.3 Å². The lowest BCUT2D eigenvalue weighted by Crippen LogP contribution is -2.03. The normalized spacial score (nSPS) is 10.7. The summed E-state index contributed by atoms with van der Waals surface area (Å²) in [6.45, 7) is 1.85. The number of hydrogen-bond acceptors (Lipinski definition) is 5. The van der Waals surface area contributed by atoms with E-state index in [0.717, 1.165) is 5.56 Å². The number of carbonyl (C=O) groups excluding carboxylic acids is 1. The lowest BCUT2D eigenvalue weighted by molar-refractivity contribution is 0.101. The predicted molar refractivity (Wildman–Crippen MR) is 115 cm³/mol. The number of Topliss-reactive ketones (excluding diaryl/α,β-unsaturated/α-hetero) is 1. The molecule has 0 radical (unpaired) electrons. The van der Waals surface area contributed by atoms with E-state index in [1.807, 2.05) is 36.4 Å². The third-order valence-corrected chi connectivity index (χ3v) is 4.82. The van der Waals surface area contributed by atoms with Gasteiger partial charge in [-0.3, -0.25) is 9.59 Å². The molecule has 0 spiro atoms. The third kappa shape index (κ3) is 3.96.